The van der Waals surface area contributed by atoms with Gasteiger partial charge in [0.1, 0.15) is 11.6 Å². The summed E-state index contributed by atoms with van der Waals surface area (Å²) >= 11 is 8.59. The Kier molecular flexibility index (Phi) is 3.21. The Labute approximate surface area is 130 Å². The van der Waals surface area contributed by atoms with Crippen LogP contribution in [0.5, 0.6) is 0 Å². The molecule has 0 unspecified atom stereocenters. The maximum Gasteiger partial charge on any atom is 0.151 e. The van der Waals surface area contributed by atoms with Crippen LogP contribution in [0.3, 0.4) is 0 Å². The molecule has 0 N–H and O–H groups in total. The standard InChI is InChI=1S/C13H7Br2N3S/c1-18-9-4-2-3-7(6-16)11(9)17-13(18)10-5-8(14)12(15)19-10/h2-5H,1H3. The predicted molar refractivity (Wildman–Crippen MR) is 84.1 cm³/mol. The van der Waals surface area contributed by atoms with Gasteiger partial charge in [0.05, 0.1) is 19.7 Å². The van der Waals surface area contributed by atoms with E-state index in [0.29, 0.717) is 5.56 Å². The van der Waals surface area contributed by atoms with E-state index in [1.807, 2.05) is 29.8 Å². The average molecular weight is 397 g/mol. The molecule has 3 nitrogen and oxygen atoms in total. The first-order chi connectivity index (χ1) is 9.11. The van der Waals surface area contributed by atoms with Crippen LogP contribution < -0.4 is 0 Å². The first-order valence-electron chi connectivity index (χ1n) is 5.42. The maximum absolute atomic E-state index is 9.14. The molecule has 0 radical (unpaired) electrons. The second kappa shape index (κ2) is 4.75. The summed E-state index contributed by atoms with van der Waals surface area (Å²) in [4.78, 5) is 5.67. The Balaban J connectivity index is 2.31. The van der Waals surface area contributed by atoms with Gasteiger partial charge in [-0.2, -0.15) is 5.26 Å². The first kappa shape index (κ1) is 12.9. The van der Waals surface area contributed by atoms with E-state index in [4.69, 9.17) is 5.26 Å². The SMILES string of the molecule is Cn1c(-c2cc(Br)c(Br)s2)nc2c(C#N)cccc21. The van der Waals surface area contributed by atoms with Crippen LogP contribution >= 0.6 is 43.2 Å². The van der Waals surface area contributed by atoms with Crippen molar-refractivity contribution in [3.63, 3.8) is 0 Å². The van der Waals surface area contributed by atoms with E-state index in [9.17, 15) is 0 Å². The fraction of sp³-hybridized carbons (Fsp3) is 0.0769. The number of nitriles is 1. The van der Waals surface area contributed by atoms with Crippen molar-refractivity contribution in [3.05, 3.63) is 38.1 Å². The molecule has 0 fully saturated rings. The Morgan fingerprint density at radius 3 is 2.79 bits per heavy atom. The van der Waals surface area contributed by atoms with Gasteiger partial charge in [-0.25, -0.2) is 4.98 Å². The highest BCUT2D eigenvalue weighted by Crippen LogP contribution is 2.38. The molecule has 2 heterocycles. The zero-order valence-corrected chi connectivity index (χ0v) is 13.8. The number of thiophene rings is 1. The van der Waals surface area contributed by atoms with Crippen molar-refractivity contribution < 1.29 is 0 Å². The maximum atomic E-state index is 9.14. The zero-order chi connectivity index (χ0) is 13.6. The molecular weight excluding hydrogens is 390 g/mol. The summed E-state index contributed by atoms with van der Waals surface area (Å²) in [5.41, 5.74) is 2.33. The molecule has 0 aliphatic rings. The van der Waals surface area contributed by atoms with E-state index < -0.39 is 0 Å². The summed E-state index contributed by atoms with van der Waals surface area (Å²) in [6.07, 6.45) is 0. The fourth-order valence-corrected chi connectivity index (χ4v) is 4.04. The van der Waals surface area contributed by atoms with Crippen LogP contribution in [0.4, 0.5) is 0 Å². The van der Waals surface area contributed by atoms with Gasteiger partial charge in [-0.3, -0.25) is 0 Å². The second-order valence-electron chi connectivity index (χ2n) is 4.01. The molecule has 94 valence electrons. The topological polar surface area (TPSA) is 41.6 Å². The van der Waals surface area contributed by atoms with Gasteiger partial charge in [0.2, 0.25) is 0 Å². The van der Waals surface area contributed by atoms with E-state index in [1.54, 1.807) is 17.4 Å². The number of nitrogens with zero attached hydrogens (tertiary/aromatic N) is 3. The molecule has 6 heteroatoms. The van der Waals surface area contributed by atoms with Gasteiger partial charge in [0.15, 0.2) is 5.82 Å². The van der Waals surface area contributed by atoms with Crippen LogP contribution in [0, 0.1) is 11.3 Å². The van der Waals surface area contributed by atoms with E-state index in [0.717, 1.165) is 30.0 Å². The minimum Gasteiger partial charge on any atom is -0.326 e. The largest absolute Gasteiger partial charge is 0.326 e. The number of rotatable bonds is 1. The van der Waals surface area contributed by atoms with E-state index in [1.165, 1.54) is 0 Å². The minimum absolute atomic E-state index is 0.606. The smallest absolute Gasteiger partial charge is 0.151 e. The van der Waals surface area contributed by atoms with Crippen molar-refractivity contribution in [3.8, 4) is 16.8 Å². The Morgan fingerprint density at radius 1 is 1.37 bits per heavy atom. The van der Waals surface area contributed by atoms with E-state index in [-0.39, 0.29) is 0 Å². The number of para-hydroxylation sites is 1. The fourth-order valence-electron chi connectivity index (χ4n) is 1.98. The molecular formula is C13H7Br2N3S. The third-order valence-electron chi connectivity index (χ3n) is 2.90. The molecule has 0 aliphatic carbocycles. The third kappa shape index (κ3) is 2.02. The predicted octanol–water partition coefficient (Wildman–Crippen LogP) is 4.70. The third-order valence-corrected chi connectivity index (χ3v) is 6.15. The lowest BCUT2D eigenvalue weighted by Crippen LogP contribution is -1.90. The molecule has 3 aromatic rings. The van der Waals surface area contributed by atoms with Gasteiger partial charge in [0.25, 0.3) is 0 Å². The molecule has 0 spiro atoms. The molecule has 0 saturated carbocycles. The number of fused-ring (bicyclic) bond motifs is 1. The van der Waals surface area contributed by atoms with Crippen molar-refractivity contribution in [1.29, 1.82) is 5.26 Å². The first-order valence-corrected chi connectivity index (χ1v) is 7.83. The van der Waals surface area contributed by atoms with Gasteiger partial charge >= 0.3 is 0 Å². The van der Waals surface area contributed by atoms with Gasteiger partial charge in [0, 0.05) is 11.5 Å². The molecule has 0 bridgehead atoms. The number of aryl methyl sites for hydroxylation is 1. The second-order valence-corrected chi connectivity index (χ2v) is 7.24. The van der Waals surface area contributed by atoms with Crippen molar-refractivity contribution in [2.45, 2.75) is 0 Å². The van der Waals surface area contributed by atoms with Crippen LogP contribution in [0.1, 0.15) is 5.56 Å². The lowest BCUT2D eigenvalue weighted by Gasteiger charge is -1.98. The van der Waals surface area contributed by atoms with Crippen LogP contribution in [-0.2, 0) is 7.05 Å². The lowest BCUT2D eigenvalue weighted by atomic mass is 10.2. The number of benzene rings is 1. The van der Waals surface area contributed by atoms with Crippen LogP contribution in [0.25, 0.3) is 21.7 Å². The van der Waals surface area contributed by atoms with Gasteiger partial charge < -0.3 is 4.57 Å². The van der Waals surface area contributed by atoms with Crippen molar-refractivity contribution >= 4 is 54.2 Å². The van der Waals surface area contributed by atoms with Crippen LogP contribution in [-0.4, -0.2) is 9.55 Å². The normalized spacial score (nSPS) is 10.8. The Hall–Kier alpha value is -1.16. The van der Waals surface area contributed by atoms with E-state index >= 15 is 0 Å². The number of halogens is 2. The molecule has 19 heavy (non-hydrogen) atoms. The molecule has 2 aromatic heterocycles. The molecule has 3 rings (SSSR count). The summed E-state index contributed by atoms with van der Waals surface area (Å²) in [5.74, 6) is 0.870. The van der Waals surface area contributed by atoms with Gasteiger partial charge in [-0.05, 0) is 50.1 Å². The van der Waals surface area contributed by atoms with Crippen LogP contribution in [0.15, 0.2) is 32.5 Å². The minimum atomic E-state index is 0.606. The highest BCUT2D eigenvalue weighted by atomic mass is 79.9. The number of hydrogen-bond donors (Lipinski definition) is 0. The van der Waals surface area contributed by atoms with Gasteiger partial charge in [-0.1, -0.05) is 6.07 Å². The molecule has 1 aromatic carbocycles. The highest BCUT2D eigenvalue weighted by molar-refractivity contribution is 9.13. The Morgan fingerprint density at radius 2 is 2.16 bits per heavy atom. The van der Waals surface area contributed by atoms with E-state index in [2.05, 4.69) is 42.9 Å². The molecule has 0 amide bonds. The van der Waals surface area contributed by atoms with Crippen molar-refractivity contribution in [1.82, 2.24) is 9.55 Å². The van der Waals surface area contributed by atoms with Gasteiger partial charge in [-0.15, -0.1) is 11.3 Å². The molecule has 0 atom stereocenters. The van der Waals surface area contributed by atoms with Crippen molar-refractivity contribution in [2.75, 3.05) is 0 Å². The average Bonchev–Trinajstić information content (AvgIpc) is 2.91. The summed E-state index contributed by atoms with van der Waals surface area (Å²) in [6.45, 7) is 0. The molecule has 0 saturated heterocycles. The number of aromatic nitrogens is 2. The summed E-state index contributed by atoms with van der Waals surface area (Å²) in [7, 11) is 1.97. The molecule has 0 aliphatic heterocycles. The Bertz CT molecular complexity index is 807. The number of imidazole rings is 1. The summed E-state index contributed by atoms with van der Waals surface area (Å²) in [6, 6.07) is 9.87. The zero-order valence-electron chi connectivity index (χ0n) is 9.82. The summed E-state index contributed by atoms with van der Waals surface area (Å²) < 4.78 is 4.07. The quantitative estimate of drug-likeness (QED) is 0.598. The van der Waals surface area contributed by atoms with Crippen molar-refractivity contribution in [2.24, 2.45) is 7.05 Å². The van der Waals surface area contributed by atoms with Crippen LogP contribution in [0.2, 0.25) is 0 Å². The summed E-state index contributed by atoms with van der Waals surface area (Å²) in [5, 5.41) is 9.14. The number of hydrogen-bond acceptors (Lipinski definition) is 3. The lowest BCUT2D eigenvalue weighted by molar-refractivity contribution is 0.963. The highest BCUT2D eigenvalue weighted by Gasteiger charge is 2.15. The monoisotopic (exact) mass is 395 g/mol.